The van der Waals surface area contributed by atoms with Crippen molar-refractivity contribution in [1.29, 1.82) is 0 Å². The molecule has 0 atom stereocenters. The molecule has 1 aromatic carbocycles. The van der Waals surface area contributed by atoms with Crippen molar-refractivity contribution in [3.8, 4) is 11.5 Å². The Kier molecular flexibility index (Phi) is 3.36. The van der Waals surface area contributed by atoms with E-state index in [0.29, 0.717) is 18.2 Å². The summed E-state index contributed by atoms with van der Waals surface area (Å²) in [6.45, 7) is 0.296. The largest absolute Gasteiger partial charge is 0.508 e. The first-order valence-corrected chi connectivity index (χ1v) is 5.42. The summed E-state index contributed by atoms with van der Waals surface area (Å²) >= 11 is 3.26. The molecule has 1 aromatic heterocycles. The third kappa shape index (κ3) is 2.93. The van der Waals surface area contributed by atoms with E-state index in [1.165, 1.54) is 0 Å². The number of aromatic hydroxyl groups is 1. The monoisotopic (exact) mass is 280 g/mol. The minimum absolute atomic E-state index is 0.214. The van der Waals surface area contributed by atoms with Gasteiger partial charge in [0.1, 0.15) is 22.7 Å². The second-order valence-corrected chi connectivity index (χ2v) is 3.89. The average molecular weight is 281 g/mol. The van der Waals surface area contributed by atoms with Gasteiger partial charge in [-0.15, -0.1) is 0 Å². The number of halogens is 1. The van der Waals surface area contributed by atoms with Crippen molar-refractivity contribution >= 4 is 15.9 Å². The lowest BCUT2D eigenvalue weighted by Gasteiger charge is -2.04. The zero-order valence-electron chi connectivity index (χ0n) is 8.30. The molecule has 0 saturated carbocycles. The predicted octanol–water partition coefficient (Wildman–Crippen LogP) is 2.52. The lowest BCUT2D eigenvalue weighted by Crippen LogP contribution is -2.00. The van der Waals surface area contributed by atoms with E-state index in [9.17, 15) is 0 Å². The Hall–Kier alpha value is -1.62. The summed E-state index contributed by atoms with van der Waals surface area (Å²) < 4.78 is 6.17. The van der Waals surface area contributed by atoms with Crippen molar-refractivity contribution in [2.75, 3.05) is 0 Å². The van der Waals surface area contributed by atoms with Crippen LogP contribution in [0.2, 0.25) is 0 Å². The van der Waals surface area contributed by atoms with Gasteiger partial charge in [0.05, 0.1) is 0 Å². The number of phenols is 1. The van der Waals surface area contributed by atoms with E-state index in [4.69, 9.17) is 9.84 Å². The Morgan fingerprint density at radius 2 is 1.94 bits per heavy atom. The van der Waals surface area contributed by atoms with Gasteiger partial charge in [0.2, 0.25) is 0 Å². The fraction of sp³-hybridized carbons (Fsp3) is 0.0909. The molecule has 0 spiro atoms. The second-order valence-electron chi connectivity index (χ2n) is 3.08. The van der Waals surface area contributed by atoms with Crippen LogP contribution in [0.4, 0.5) is 0 Å². The summed E-state index contributed by atoms with van der Waals surface area (Å²) in [5.41, 5.74) is 0. The molecule has 0 aliphatic heterocycles. The molecular formula is C11H9BrN2O2. The molecule has 0 aliphatic rings. The molecule has 0 bridgehead atoms. The lowest BCUT2D eigenvalue weighted by atomic mass is 10.3. The zero-order valence-corrected chi connectivity index (χ0v) is 9.89. The zero-order chi connectivity index (χ0) is 11.4. The quantitative estimate of drug-likeness (QED) is 0.878. The Morgan fingerprint density at radius 1 is 1.19 bits per heavy atom. The fourth-order valence-electron chi connectivity index (χ4n) is 1.13. The number of phenolic OH excluding ortho intramolecular Hbond substituents is 1. The van der Waals surface area contributed by atoms with E-state index in [1.807, 2.05) is 0 Å². The minimum atomic E-state index is 0.214. The number of ether oxygens (including phenoxy) is 1. The van der Waals surface area contributed by atoms with Crippen LogP contribution in [0.1, 0.15) is 5.82 Å². The van der Waals surface area contributed by atoms with Crippen LogP contribution in [0.25, 0.3) is 0 Å². The van der Waals surface area contributed by atoms with Gasteiger partial charge in [-0.3, -0.25) is 0 Å². The number of rotatable bonds is 3. The standard InChI is InChI=1S/C11H9BrN2O2/c12-10-5-6-13-11(14-10)7-16-9-3-1-8(15)2-4-9/h1-6,15H,7H2. The van der Waals surface area contributed by atoms with Crippen LogP contribution in [0, 0.1) is 0 Å². The van der Waals surface area contributed by atoms with Crippen molar-refractivity contribution in [2.24, 2.45) is 0 Å². The molecule has 0 unspecified atom stereocenters. The molecule has 0 radical (unpaired) electrons. The third-order valence-corrected chi connectivity index (χ3v) is 2.32. The molecule has 5 heteroatoms. The topological polar surface area (TPSA) is 55.2 Å². The van der Waals surface area contributed by atoms with Crippen LogP contribution < -0.4 is 4.74 Å². The maximum atomic E-state index is 9.09. The maximum absolute atomic E-state index is 9.09. The van der Waals surface area contributed by atoms with Crippen LogP contribution in [0.5, 0.6) is 11.5 Å². The molecule has 0 amide bonds. The van der Waals surface area contributed by atoms with E-state index in [-0.39, 0.29) is 5.75 Å². The molecule has 0 aliphatic carbocycles. The molecule has 0 saturated heterocycles. The van der Waals surface area contributed by atoms with Gasteiger partial charge in [0.25, 0.3) is 0 Å². The van der Waals surface area contributed by atoms with Crippen LogP contribution in [0.15, 0.2) is 41.1 Å². The highest BCUT2D eigenvalue weighted by Crippen LogP contribution is 2.16. The Bertz CT molecular complexity index is 474. The van der Waals surface area contributed by atoms with Crippen LogP contribution >= 0.6 is 15.9 Å². The SMILES string of the molecule is Oc1ccc(OCc2nccc(Br)n2)cc1. The van der Waals surface area contributed by atoms with Gasteiger partial charge in [-0.1, -0.05) is 0 Å². The molecule has 1 N–H and O–H groups in total. The van der Waals surface area contributed by atoms with E-state index in [2.05, 4.69) is 25.9 Å². The summed E-state index contributed by atoms with van der Waals surface area (Å²) in [4.78, 5) is 8.19. The fourth-order valence-corrected chi connectivity index (χ4v) is 1.46. The van der Waals surface area contributed by atoms with E-state index in [1.54, 1.807) is 36.5 Å². The maximum Gasteiger partial charge on any atom is 0.167 e. The number of hydrogen-bond donors (Lipinski definition) is 1. The van der Waals surface area contributed by atoms with Gasteiger partial charge in [-0.2, -0.15) is 0 Å². The minimum Gasteiger partial charge on any atom is -0.508 e. The second kappa shape index (κ2) is 4.94. The molecule has 2 rings (SSSR count). The number of nitrogens with zero attached hydrogens (tertiary/aromatic N) is 2. The summed E-state index contributed by atoms with van der Waals surface area (Å²) in [5, 5.41) is 9.09. The lowest BCUT2D eigenvalue weighted by molar-refractivity contribution is 0.295. The Morgan fingerprint density at radius 3 is 2.62 bits per heavy atom. The highest BCUT2D eigenvalue weighted by atomic mass is 79.9. The van der Waals surface area contributed by atoms with E-state index < -0.39 is 0 Å². The molecule has 4 nitrogen and oxygen atoms in total. The molecule has 2 aromatic rings. The number of benzene rings is 1. The first-order valence-electron chi connectivity index (χ1n) is 4.63. The molecule has 1 heterocycles. The van der Waals surface area contributed by atoms with Crippen LogP contribution in [-0.2, 0) is 6.61 Å². The van der Waals surface area contributed by atoms with E-state index >= 15 is 0 Å². The van der Waals surface area contributed by atoms with Gasteiger partial charge in [0.15, 0.2) is 5.82 Å². The normalized spacial score (nSPS) is 10.1. The highest BCUT2D eigenvalue weighted by Gasteiger charge is 1.99. The number of aromatic nitrogens is 2. The van der Waals surface area contributed by atoms with Crippen molar-refractivity contribution in [3.05, 3.63) is 47.0 Å². The summed E-state index contributed by atoms with van der Waals surface area (Å²) in [6, 6.07) is 8.26. The third-order valence-electron chi connectivity index (χ3n) is 1.88. The van der Waals surface area contributed by atoms with Crippen LogP contribution in [0.3, 0.4) is 0 Å². The summed E-state index contributed by atoms with van der Waals surface area (Å²) in [6.07, 6.45) is 1.66. The van der Waals surface area contributed by atoms with Gasteiger partial charge < -0.3 is 9.84 Å². The first-order chi connectivity index (χ1) is 7.74. The predicted molar refractivity (Wildman–Crippen MR) is 62.2 cm³/mol. The van der Waals surface area contributed by atoms with Gasteiger partial charge in [-0.25, -0.2) is 9.97 Å². The summed E-state index contributed by atoms with van der Waals surface area (Å²) in [7, 11) is 0. The van der Waals surface area contributed by atoms with Gasteiger partial charge in [-0.05, 0) is 46.3 Å². The molecular weight excluding hydrogens is 272 g/mol. The smallest absolute Gasteiger partial charge is 0.167 e. The van der Waals surface area contributed by atoms with Crippen molar-refractivity contribution in [3.63, 3.8) is 0 Å². The van der Waals surface area contributed by atoms with Crippen molar-refractivity contribution in [1.82, 2.24) is 9.97 Å². The van der Waals surface area contributed by atoms with E-state index in [0.717, 1.165) is 4.60 Å². The van der Waals surface area contributed by atoms with Crippen molar-refractivity contribution in [2.45, 2.75) is 6.61 Å². The van der Waals surface area contributed by atoms with Crippen LogP contribution in [-0.4, -0.2) is 15.1 Å². The molecule has 16 heavy (non-hydrogen) atoms. The number of hydrogen-bond acceptors (Lipinski definition) is 4. The Labute approximate surface area is 101 Å². The van der Waals surface area contributed by atoms with Crippen molar-refractivity contribution < 1.29 is 9.84 Å². The highest BCUT2D eigenvalue weighted by molar-refractivity contribution is 9.10. The molecule has 82 valence electrons. The van der Waals surface area contributed by atoms with Gasteiger partial charge >= 0.3 is 0 Å². The summed E-state index contributed by atoms with van der Waals surface area (Å²) in [5.74, 6) is 1.48. The Balaban J connectivity index is 1.99. The molecule has 0 fully saturated rings. The van der Waals surface area contributed by atoms with Gasteiger partial charge in [0, 0.05) is 6.20 Å². The first kappa shape index (κ1) is 10.9. The average Bonchev–Trinajstić information content (AvgIpc) is 2.28.